The number of carbonyl (C=O) groups excluding carboxylic acids is 4. The summed E-state index contributed by atoms with van der Waals surface area (Å²) in [4.78, 5) is 45.6. The number of anilines is 1. The van der Waals surface area contributed by atoms with E-state index < -0.39 is 68.1 Å². The van der Waals surface area contributed by atoms with E-state index >= 15 is 0 Å². The highest BCUT2D eigenvalue weighted by Crippen LogP contribution is 2.37. The molecule has 0 saturated carbocycles. The Hall–Kier alpha value is -5.93. The van der Waals surface area contributed by atoms with E-state index in [0.717, 1.165) is 24.3 Å². The number of alkyl halides is 6. The molecule has 0 radical (unpaired) electrons. The van der Waals surface area contributed by atoms with E-state index in [0.29, 0.717) is 23.8 Å². The molecule has 0 aliphatic carbocycles. The number of rotatable bonds is 10. The van der Waals surface area contributed by atoms with Crippen LogP contribution in [0.3, 0.4) is 0 Å². The van der Waals surface area contributed by atoms with Gasteiger partial charge in [-0.05, 0) is 119 Å². The van der Waals surface area contributed by atoms with E-state index in [2.05, 4.69) is 9.47 Å². The van der Waals surface area contributed by atoms with Gasteiger partial charge < -0.3 is 24.7 Å². The van der Waals surface area contributed by atoms with Crippen LogP contribution in [0, 0.1) is 23.2 Å². The minimum absolute atomic E-state index is 0.0426. The molecular weight excluding hydrogens is 931 g/mol. The van der Waals surface area contributed by atoms with Crippen LogP contribution >= 0.6 is 23.2 Å². The van der Waals surface area contributed by atoms with E-state index in [-0.39, 0.29) is 60.2 Å². The van der Waals surface area contributed by atoms with Crippen molar-refractivity contribution in [1.29, 1.82) is 5.26 Å². The van der Waals surface area contributed by atoms with Gasteiger partial charge in [0.15, 0.2) is 0 Å². The fourth-order valence-electron chi connectivity index (χ4n) is 5.11. The first-order chi connectivity index (χ1) is 30.2. The van der Waals surface area contributed by atoms with Gasteiger partial charge in [0.25, 0.3) is 6.26 Å². The van der Waals surface area contributed by atoms with Crippen molar-refractivity contribution in [1.82, 2.24) is 0 Å². The molecule has 0 aliphatic heterocycles. The Bertz CT molecular complexity index is 2340. The molecule has 0 aromatic heterocycles. The number of hydrogen-bond donors (Lipinski definition) is 1. The van der Waals surface area contributed by atoms with E-state index in [9.17, 15) is 54.3 Å². The number of halogens is 10. The summed E-state index contributed by atoms with van der Waals surface area (Å²) in [5, 5.41) is 7.21. The predicted molar refractivity (Wildman–Crippen MR) is 230 cm³/mol. The zero-order valence-electron chi connectivity index (χ0n) is 37.0. The van der Waals surface area contributed by atoms with Crippen LogP contribution in [0.25, 0.3) is 0 Å². The summed E-state index contributed by atoms with van der Waals surface area (Å²) in [5.41, 5.74) is 3.52. The molecule has 66 heavy (non-hydrogen) atoms. The monoisotopic (exact) mass is 978 g/mol. The van der Waals surface area contributed by atoms with Gasteiger partial charge in [0, 0.05) is 19.8 Å². The van der Waals surface area contributed by atoms with E-state index in [1.54, 1.807) is 48.5 Å². The third-order valence-electron chi connectivity index (χ3n) is 7.59. The molecule has 20 heteroatoms. The van der Waals surface area contributed by atoms with Gasteiger partial charge in [-0.15, -0.1) is 5.26 Å². The number of esters is 3. The van der Waals surface area contributed by atoms with Gasteiger partial charge >= 0.3 is 30.3 Å². The van der Waals surface area contributed by atoms with E-state index in [4.69, 9.17) is 43.7 Å². The Balaban J connectivity index is 0.000000506. The van der Waals surface area contributed by atoms with Crippen molar-refractivity contribution in [2.75, 3.05) is 12.3 Å². The molecule has 0 bridgehead atoms. The van der Waals surface area contributed by atoms with E-state index in [1.165, 1.54) is 55.6 Å². The van der Waals surface area contributed by atoms with Gasteiger partial charge in [0.1, 0.15) is 34.4 Å². The van der Waals surface area contributed by atoms with Crippen LogP contribution in [0.2, 0.25) is 10.0 Å². The van der Waals surface area contributed by atoms with Crippen LogP contribution in [-0.4, -0.2) is 41.5 Å². The number of nitrogens with two attached hydrogens (primary N) is 1. The number of nitriles is 1. The zero-order chi connectivity index (χ0) is 50.8. The van der Waals surface area contributed by atoms with Crippen molar-refractivity contribution >= 4 is 52.6 Å². The molecular formula is C46H48Cl2F8N2O8. The Morgan fingerprint density at radius 2 is 1.08 bits per heavy atom. The van der Waals surface area contributed by atoms with E-state index in [1.807, 2.05) is 0 Å². The Labute approximate surface area is 386 Å². The number of Topliss-reactive ketones (excluding diaryl/α,β-unsaturated/α-hetero) is 1. The third kappa shape index (κ3) is 23.3. The number of ether oxygens (including phenoxy) is 4. The fourth-order valence-corrected chi connectivity index (χ4v) is 5.56. The predicted octanol–water partition coefficient (Wildman–Crippen LogP) is 11.8. The van der Waals surface area contributed by atoms with Crippen molar-refractivity contribution in [3.05, 3.63) is 128 Å². The average Bonchev–Trinajstić information content (AvgIpc) is 3.14. The summed E-state index contributed by atoms with van der Waals surface area (Å²) in [5.74, 6) is -2.83. The van der Waals surface area contributed by atoms with Gasteiger partial charge in [0.05, 0.1) is 46.3 Å². The molecule has 0 saturated heterocycles. The summed E-state index contributed by atoms with van der Waals surface area (Å²) in [6.07, 6.45) is -8.54. The zero-order valence-corrected chi connectivity index (χ0v) is 38.5. The molecule has 4 rings (SSSR count). The number of benzene rings is 4. The van der Waals surface area contributed by atoms with Crippen LogP contribution in [-0.2, 0) is 71.4 Å². The van der Waals surface area contributed by atoms with Gasteiger partial charge in [-0.1, -0.05) is 47.5 Å². The first-order valence-electron chi connectivity index (χ1n) is 19.4. The second-order valence-corrected chi connectivity index (χ2v) is 16.6. The molecule has 4 aromatic rings. The first kappa shape index (κ1) is 58.1. The summed E-state index contributed by atoms with van der Waals surface area (Å²) in [6.45, 7) is 14.2. The second kappa shape index (κ2) is 25.7. The van der Waals surface area contributed by atoms with Crippen LogP contribution in [0.15, 0.2) is 72.8 Å². The third-order valence-corrected chi connectivity index (χ3v) is 8.25. The molecule has 0 heterocycles. The number of nitrogen functional groups attached to an aromatic ring is 1. The molecule has 0 atom stereocenters. The number of ketones is 1. The lowest BCUT2D eigenvalue weighted by molar-refractivity contribution is -0.155. The van der Waals surface area contributed by atoms with Crippen molar-refractivity contribution in [2.45, 2.75) is 105 Å². The van der Waals surface area contributed by atoms with Crippen molar-refractivity contribution < 1.29 is 73.2 Å². The number of carbonyl (C=O) groups is 4. The number of nitrogens with zero attached hydrogens (tertiary/aromatic N) is 1. The largest absolute Gasteiger partial charge is 0.466 e. The fraction of sp³-hybridized carbons (Fsp3) is 0.370. The highest BCUT2D eigenvalue weighted by Gasteiger charge is 2.34. The molecule has 2 N–H and O–H groups in total. The summed E-state index contributed by atoms with van der Waals surface area (Å²) in [6, 6.07) is 14.3. The molecule has 0 unspecified atom stereocenters. The normalized spacial score (nSPS) is 11.2. The summed E-state index contributed by atoms with van der Waals surface area (Å²) in [7, 11) is 0. The standard InChI is InChI=1S/C22H21ClF4O3.C12H16FNO2.C8H3ClF3NO.C4H8O2/c1-21(2,3)30-20(29)11-13-5-7-19(24)15(8-13)12-16(28)9-14-4-6-18(23)17(10-14)22(25,26)27;1-12(2,3)16-11(15)7-8-4-5-9(13)10(14)6-8;9-7-2-1-5(14-4-13)3-6(7)8(10,11)12;1-3-6-4(2)5/h4-8,10H,9,11-12H2,1-3H3;4-6H,7,14H2,1-3H3;1-3H;3H2,1-2H3. The molecule has 0 amide bonds. The molecule has 0 spiro atoms. The van der Waals surface area contributed by atoms with Crippen LogP contribution in [0.5, 0.6) is 5.75 Å². The topological polar surface area (TPSA) is 155 Å². The van der Waals surface area contributed by atoms with Crippen LogP contribution < -0.4 is 10.5 Å². The van der Waals surface area contributed by atoms with Crippen molar-refractivity contribution in [2.24, 2.45) is 0 Å². The molecule has 360 valence electrons. The van der Waals surface area contributed by atoms with Crippen molar-refractivity contribution in [3.63, 3.8) is 0 Å². The molecule has 4 aromatic carbocycles. The van der Waals surface area contributed by atoms with Gasteiger partial charge in [-0.25, -0.2) is 8.78 Å². The van der Waals surface area contributed by atoms with Crippen molar-refractivity contribution in [3.8, 4) is 12.0 Å². The lowest BCUT2D eigenvalue weighted by Gasteiger charge is -2.19. The number of hydrogen-bond acceptors (Lipinski definition) is 10. The smallest absolute Gasteiger partial charge is 0.417 e. The lowest BCUT2D eigenvalue weighted by Crippen LogP contribution is -2.25. The van der Waals surface area contributed by atoms with Gasteiger partial charge in [-0.3, -0.25) is 19.2 Å². The van der Waals surface area contributed by atoms with Crippen LogP contribution in [0.1, 0.15) is 88.8 Å². The summed E-state index contributed by atoms with van der Waals surface area (Å²) >= 11 is 10.9. The van der Waals surface area contributed by atoms with Crippen LogP contribution in [0.4, 0.5) is 40.8 Å². The highest BCUT2D eigenvalue weighted by atomic mass is 35.5. The Morgan fingerprint density at radius 3 is 1.50 bits per heavy atom. The summed E-state index contributed by atoms with van der Waals surface area (Å²) < 4.78 is 122. The maximum absolute atomic E-state index is 14.1. The highest BCUT2D eigenvalue weighted by molar-refractivity contribution is 6.31. The van der Waals surface area contributed by atoms with Gasteiger partial charge in [0.2, 0.25) is 0 Å². The SMILES string of the molecule is CC(C)(C)OC(=O)Cc1ccc(F)c(CC(=O)Cc2ccc(Cl)c(C(F)(F)F)c2)c1.CC(C)(C)OC(=O)Cc1ccc(F)c(N)c1.CCOC(C)=O.N#COc1ccc(Cl)c(C(F)(F)F)c1. The quantitative estimate of drug-likeness (QED) is 0.0534. The Kier molecular flexibility index (Phi) is 22.6. The second-order valence-electron chi connectivity index (χ2n) is 15.8. The first-order valence-corrected chi connectivity index (χ1v) is 20.2. The minimum atomic E-state index is -4.64. The average molecular weight is 980 g/mol. The molecule has 10 nitrogen and oxygen atoms in total. The lowest BCUT2D eigenvalue weighted by atomic mass is 9.99. The Morgan fingerprint density at radius 1 is 0.636 bits per heavy atom. The minimum Gasteiger partial charge on any atom is -0.466 e. The molecule has 0 aliphatic rings. The molecule has 0 fully saturated rings. The maximum Gasteiger partial charge on any atom is 0.417 e. The van der Waals surface area contributed by atoms with Gasteiger partial charge in [-0.2, -0.15) is 26.3 Å². The maximum atomic E-state index is 14.1.